The number of thiocarbonyl (C=S) groups is 1. The number of fused-ring (bicyclic) bond motifs is 1. The van der Waals surface area contributed by atoms with E-state index < -0.39 is 0 Å². The monoisotopic (exact) mass is 286 g/mol. The summed E-state index contributed by atoms with van der Waals surface area (Å²) in [5.74, 6) is 0. The van der Waals surface area contributed by atoms with Gasteiger partial charge in [-0.1, -0.05) is 6.07 Å². The predicted octanol–water partition coefficient (Wildman–Crippen LogP) is 3.03. The molecule has 0 spiro atoms. The summed E-state index contributed by atoms with van der Waals surface area (Å²) < 4.78 is 1.77. The third-order valence-electron chi connectivity index (χ3n) is 3.62. The van der Waals surface area contributed by atoms with Crippen LogP contribution in [0.5, 0.6) is 0 Å². The van der Waals surface area contributed by atoms with Crippen LogP contribution in [0, 0.1) is 6.92 Å². The summed E-state index contributed by atoms with van der Waals surface area (Å²) in [5, 5.41) is 11.3. The Bertz CT molecular complexity index is 660. The lowest BCUT2D eigenvalue weighted by Crippen LogP contribution is -2.19. The van der Waals surface area contributed by atoms with Crippen LogP contribution < -0.4 is 10.6 Å². The molecule has 0 aliphatic heterocycles. The van der Waals surface area contributed by atoms with Crippen LogP contribution in [0.3, 0.4) is 0 Å². The minimum Gasteiger partial charge on any atom is -0.332 e. The zero-order chi connectivity index (χ0) is 14.1. The molecule has 0 radical (unpaired) electrons. The summed E-state index contributed by atoms with van der Waals surface area (Å²) in [5.41, 5.74) is 5.83. The molecule has 0 amide bonds. The number of nitrogens with zero attached hydrogens (tertiary/aromatic N) is 2. The second kappa shape index (κ2) is 5.25. The van der Waals surface area contributed by atoms with Crippen molar-refractivity contribution in [1.82, 2.24) is 9.78 Å². The Kier molecular flexibility index (Phi) is 3.44. The second-order valence-electron chi connectivity index (χ2n) is 5.22. The number of rotatable bonds is 2. The van der Waals surface area contributed by atoms with Crippen LogP contribution in [0.1, 0.15) is 23.2 Å². The van der Waals surface area contributed by atoms with Crippen molar-refractivity contribution in [3.8, 4) is 0 Å². The molecule has 0 atom stereocenters. The van der Waals surface area contributed by atoms with Crippen molar-refractivity contribution in [3.63, 3.8) is 0 Å². The lowest BCUT2D eigenvalue weighted by atomic mass is 10.1. The van der Waals surface area contributed by atoms with Gasteiger partial charge in [-0.15, -0.1) is 0 Å². The van der Waals surface area contributed by atoms with E-state index >= 15 is 0 Å². The third-order valence-corrected chi connectivity index (χ3v) is 3.82. The van der Waals surface area contributed by atoms with Crippen LogP contribution in [-0.2, 0) is 19.9 Å². The number of aryl methyl sites for hydroxylation is 4. The number of benzene rings is 1. The highest BCUT2D eigenvalue weighted by molar-refractivity contribution is 7.80. The molecule has 5 heteroatoms. The van der Waals surface area contributed by atoms with E-state index in [1.54, 1.807) is 4.68 Å². The van der Waals surface area contributed by atoms with Crippen LogP contribution in [0.25, 0.3) is 0 Å². The Morgan fingerprint density at radius 2 is 2.05 bits per heavy atom. The summed E-state index contributed by atoms with van der Waals surface area (Å²) >= 11 is 5.36. The maximum atomic E-state index is 5.36. The summed E-state index contributed by atoms with van der Waals surface area (Å²) in [6, 6.07) is 6.49. The van der Waals surface area contributed by atoms with Gasteiger partial charge in [-0.3, -0.25) is 4.68 Å². The summed E-state index contributed by atoms with van der Waals surface area (Å²) in [6.07, 6.45) is 5.56. The van der Waals surface area contributed by atoms with Crippen LogP contribution in [0.4, 0.5) is 11.4 Å². The zero-order valence-corrected chi connectivity index (χ0v) is 12.5. The van der Waals surface area contributed by atoms with Crippen molar-refractivity contribution in [3.05, 3.63) is 41.2 Å². The van der Waals surface area contributed by atoms with E-state index in [4.69, 9.17) is 12.2 Å². The van der Waals surface area contributed by atoms with Crippen molar-refractivity contribution >= 4 is 28.7 Å². The molecule has 2 aromatic rings. The van der Waals surface area contributed by atoms with Crippen molar-refractivity contribution in [2.45, 2.75) is 26.2 Å². The molecule has 1 aliphatic carbocycles. The molecule has 1 aromatic carbocycles. The average Bonchev–Trinajstić information content (AvgIpc) is 2.96. The summed E-state index contributed by atoms with van der Waals surface area (Å²) in [7, 11) is 1.90. The van der Waals surface area contributed by atoms with E-state index in [1.165, 1.54) is 30.4 Å². The van der Waals surface area contributed by atoms with E-state index in [0.29, 0.717) is 5.11 Å². The van der Waals surface area contributed by atoms with Gasteiger partial charge in [-0.05, 0) is 61.7 Å². The maximum Gasteiger partial charge on any atom is 0.175 e. The van der Waals surface area contributed by atoms with Crippen LogP contribution in [0.2, 0.25) is 0 Å². The van der Waals surface area contributed by atoms with Gasteiger partial charge in [0.15, 0.2) is 5.11 Å². The first-order chi connectivity index (χ1) is 9.61. The topological polar surface area (TPSA) is 41.9 Å². The lowest BCUT2D eigenvalue weighted by Gasteiger charge is -2.11. The Balaban J connectivity index is 1.68. The highest BCUT2D eigenvalue weighted by Crippen LogP contribution is 2.25. The molecule has 4 nitrogen and oxygen atoms in total. The molecule has 1 heterocycles. The van der Waals surface area contributed by atoms with Gasteiger partial charge in [0.1, 0.15) is 0 Å². The van der Waals surface area contributed by atoms with Crippen molar-refractivity contribution in [1.29, 1.82) is 0 Å². The molecular weight excluding hydrogens is 268 g/mol. The minimum atomic E-state index is 0.596. The molecule has 3 rings (SSSR count). The van der Waals surface area contributed by atoms with Crippen molar-refractivity contribution in [2.24, 2.45) is 7.05 Å². The van der Waals surface area contributed by atoms with Crippen LogP contribution >= 0.6 is 12.2 Å². The minimum absolute atomic E-state index is 0.596. The quantitative estimate of drug-likeness (QED) is 0.833. The first kappa shape index (κ1) is 13.1. The number of anilines is 2. The second-order valence-corrected chi connectivity index (χ2v) is 5.63. The highest BCUT2D eigenvalue weighted by atomic mass is 32.1. The fraction of sp³-hybridized carbons (Fsp3) is 0.333. The first-order valence-corrected chi connectivity index (χ1v) is 7.23. The van der Waals surface area contributed by atoms with Gasteiger partial charge in [0.25, 0.3) is 0 Å². The molecular formula is C15H18N4S. The summed E-state index contributed by atoms with van der Waals surface area (Å²) in [4.78, 5) is 0. The smallest absolute Gasteiger partial charge is 0.175 e. The van der Waals surface area contributed by atoms with Crippen LogP contribution in [-0.4, -0.2) is 14.9 Å². The Morgan fingerprint density at radius 1 is 1.25 bits per heavy atom. The van der Waals surface area contributed by atoms with E-state index in [1.807, 2.05) is 20.2 Å². The van der Waals surface area contributed by atoms with Gasteiger partial charge in [-0.2, -0.15) is 5.10 Å². The molecule has 0 saturated heterocycles. The summed E-state index contributed by atoms with van der Waals surface area (Å²) in [6.45, 7) is 1.96. The first-order valence-electron chi connectivity index (χ1n) is 6.82. The van der Waals surface area contributed by atoms with Gasteiger partial charge in [0, 0.05) is 18.9 Å². The highest BCUT2D eigenvalue weighted by Gasteiger charge is 2.11. The molecule has 0 unspecified atom stereocenters. The molecule has 2 N–H and O–H groups in total. The average molecular weight is 286 g/mol. The predicted molar refractivity (Wildman–Crippen MR) is 86.3 cm³/mol. The third kappa shape index (κ3) is 2.67. The SMILES string of the molecule is Cc1nn(C)cc1NC(=S)Nc1ccc2c(c1)CCC2. The van der Waals surface area contributed by atoms with Crippen molar-refractivity contribution < 1.29 is 0 Å². The van der Waals surface area contributed by atoms with Crippen molar-refractivity contribution in [2.75, 3.05) is 10.6 Å². The Labute approximate surface area is 124 Å². The number of hydrogen-bond acceptors (Lipinski definition) is 2. The van der Waals surface area contributed by atoms with Gasteiger partial charge < -0.3 is 10.6 Å². The lowest BCUT2D eigenvalue weighted by molar-refractivity contribution is 0.756. The van der Waals surface area contributed by atoms with Gasteiger partial charge in [0.2, 0.25) is 0 Å². The molecule has 1 aromatic heterocycles. The molecule has 1 aliphatic rings. The largest absolute Gasteiger partial charge is 0.332 e. The van der Waals surface area contributed by atoms with Gasteiger partial charge >= 0.3 is 0 Å². The maximum absolute atomic E-state index is 5.36. The molecule has 104 valence electrons. The van der Waals surface area contributed by atoms with E-state index in [9.17, 15) is 0 Å². The van der Waals surface area contributed by atoms with E-state index in [-0.39, 0.29) is 0 Å². The number of nitrogens with one attached hydrogen (secondary N) is 2. The molecule has 0 saturated carbocycles. The zero-order valence-electron chi connectivity index (χ0n) is 11.7. The normalized spacial score (nSPS) is 13.1. The molecule has 0 fully saturated rings. The van der Waals surface area contributed by atoms with E-state index in [0.717, 1.165) is 17.1 Å². The van der Waals surface area contributed by atoms with Gasteiger partial charge in [0.05, 0.1) is 11.4 Å². The fourth-order valence-corrected chi connectivity index (χ4v) is 2.88. The molecule has 20 heavy (non-hydrogen) atoms. The Hall–Kier alpha value is -1.88. The van der Waals surface area contributed by atoms with E-state index in [2.05, 4.69) is 33.9 Å². The Morgan fingerprint density at radius 3 is 2.80 bits per heavy atom. The number of aromatic nitrogens is 2. The van der Waals surface area contributed by atoms with Crippen LogP contribution in [0.15, 0.2) is 24.4 Å². The fourth-order valence-electron chi connectivity index (χ4n) is 2.66. The molecule has 0 bridgehead atoms. The number of hydrogen-bond donors (Lipinski definition) is 2. The van der Waals surface area contributed by atoms with Gasteiger partial charge in [-0.25, -0.2) is 0 Å². The standard InChI is InChI=1S/C15H18N4S/c1-10-14(9-19(2)18-10)17-15(20)16-13-7-6-11-4-3-5-12(11)8-13/h6-9H,3-5H2,1-2H3,(H2,16,17,20).